The average Bonchev–Trinajstić information content (AvgIpc) is 3.32. The second-order valence-electron chi connectivity index (χ2n) is 8.49. The molecule has 0 bridgehead atoms. The highest BCUT2D eigenvalue weighted by Gasteiger charge is 2.35. The SMILES string of the molecule is CC1c2ccccc2-c2nccn2C1c1nc2cc(Cl)ccc2c(=O)n1Cc1ccccc1. The molecule has 6 rings (SSSR count). The van der Waals surface area contributed by atoms with Crippen molar-refractivity contribution in [1.82, 2.24) is 19.1 Å². The zero-order chi connectivity index (χ0) is 22.5. The van der Waals surface area contributed by atoms with E-state index in [4.69, 9.17) is 16.6 Å². The maximum absolute atomic E-state index is 13.8. The Morgan fingerprint density at radius 2 is 1.79 bits per heavy atom. The summed E-state index contributed by atoms with van der Waals surface area (Å²) in [6.07, 6.45) is 3.79. The first-order valence-corrected chi connectivity index (χ1v) is 11.4. The Hall–Kier alpha value is -3.70. The highest BCUT2D eigenvalue weighted by atomic mass is 35.5. The van der Waals surface area contributed by atoms with Crippen molar-refractivity contribution in [1.29, 1.82) is 0 Å². The van der Waals surface area contributed by atoms with Crippen LogP contribution in [0.15, 0.2) is 90.0 Å². The van der Waals surface area contributed by atoms with Gasteiger partial charge in [0, 0.05) is 28.9 Å². The first-order valence-electron chi connectivity index (χ1n) is 11.0. The molecule has 0 aliphatic carbocycles. The summed E-state index contributed by atoms with van der Waals surface area (Å²) in [5.41, 5.74) is 3.91. The van der Waals surface area contributed by atoms with Crippen LogP contribution in [0.3, 0.4) is 0 Å². The second-order valence-corrected chi connectivity index (χ2v) is 8.92. The second kappa shape index (κ2) is 7.71. The molecule has 3 aromatic carbocycles. The molecule has 1 aliphatic rings. The van der Waals surface area contributed by atoms with E-state index in [1.165, 1.54) is 5.56 Å². The molecule has 0 amide bonds. The van der Waals surface area contributed by atoms with Crippen molar-refractivity contribution in [3.8, 4) is 11.4 Å². The molecule has 2 unspecified atom stereocenters. The van der Waals surface area contributed by atoms with E-state index in [0.29, 0.717) is 28.3 Å². The van der Waals surface area contributed by atoms with E-state index in [1.54, 1.807) is 18.2 Å². The minimum absolute atomic E-state index is 0.0664. The van der Waals surface area contributed by atoms with Gasteiger partial charge in [-0.05, 0) is 29.3 Å². The summed E-state index contributed by atoms with van der Waals surface area (Å²) in [6, 6.07) is 23.4. The van der Waals surface area contributed by atoms with Gasteiger partial charge in [-0.15, -0.1) is 0 Å². The molecule has 0 N–H and O–H groups in total. The average molecular weight is 453 g/mol. The molecule has 0 saturated heterocycles. The largest absolute Gasteiger partial charge is 0.320 e. The van der Waals surface area contributed by atoms with Crippen molar-refractivity contribution in [2.24, 2.45) is 0 Å². The number of nitrogens with zero attached hydrogens (tertiary/aromatic N) is 4. The van der Waals surface area contributed by atoms with Crippen molar-refractivity contribution >= 4 is 22.5 Å². The molecule has 0 spiro atoms. The van der Waals surface area contributed by atoms with Crippen molar-refractivity contribution in [3.63, 3.8) is 0 Å². The van der Waals surface area contributed by atoms with Crippen LogP contribution in [-0.4, -0.2) is 19.1 Å². The van der Waals surface area contributed by atoms with Crippen LogP contribution in [0, 0.1) is 0 Å². The quantitative estimate of drug-likeness (QED) is 0.354. The van der Waals surface area contributed by atoms with E-state index < -0.39 is 0 Å². The Balaban J connectivity index is 1.63. The Morgan fingerprint density at radius 1 is 1.00 bits per heavy atom. The summed E-state index contributed by atoms with van der Waals surface area (Å²) < 4.78 is 3.96. The number of rotatable bonds is 3. The Kier molecular flexibility index (Phi) is 4.66. The van der Waals surface area contributed by atoms with E-state index in [2.05, 4.69) is 34.7 Å². The van der Waals surface area contributed by atoms with Gasteiger partial charge in [0.15, 0.2) is 0 Å². The third-order valence-corrected chi connectivity index (χ3v) is 6.76. The third kappa shape index (κ3) is 3.19. The highest BCUT2D eigenvalue weighted by Crippen LogP contribution is 2.44. The molecular formula is C27H21ClN4O. The lowest BCUT2D eigenvalue weighted by molar-refractivity contribution is 0.442. The van der Waals surface area contributed by atoms with Gasteiger partial charge in [0.05, 0.1) is 23.5 Å². The normalized spacial score (nSPS) is 17.0. The number of halogens is 1. The van der Waals surface area contributed by atoms with Crippen LogP contribution in [0.5, 0.6) is 0 Å². The molecule has 162 valence electrons. The molecule has 2 atom stereocenters. The Morgan fingerprint density at radius 3 is 2.64 bits per heavy atom. The Labute approximate surface area is 195 Å². The van der Waals surface area contributed by atoms with Crippen LogP contribution in [0.4, 0.5) is 0 Å². The standard InChI is InChI=1S/C27H21ClN4O/c1-17-20-9-5-6-10-21(20)25-29-13-14-31(25)24(17)26-30-23-15-19(28)11-12-22(23)27(33)32(26)16-18-7-3-2-4-8-18/h2-15,17,24H,16H2,1H3. The van der Waals surface area contributed by atoms with Gasteiger partial charge in [0.25, 0.3) is 5.56 Å². The fourth-order valence-corrected chi connectivity index (χ4v) is 5.13. The number of benzene rings is 3. The minimum atomic E-state index is -0.183. The van der Waals surface area contributed by atoms with Gasteiger partial charge < -0.3 is 4.57 Å². The molecule has 1 aliphatic heterocycles. The number of aromatic nitrogens is 4. The van der Waals surface area contributed by atoms with Crippen LogP contribution in [0.1, 0.15) is 35.8 Å². The van der Waals surface area contributed by atoms with Gasteiger partial charge in [0.2, 0.25) is 0 Å². The fraction of sp³-hybridized carbons (Fsp3) is 0.148. The van der Waals surface area contributed by atoms with Crippen LogP contribution < -0.4 is 5.56 Å². The smallest absolute Gasteiger partial charge is 0.261 e. The summed E-state index contributed by atoms with van der Waals surface area (Å²) in [7, 11) is 0. The van der Waals surface area contributed by atoms with E-state index in [1.807, 2.05) is 53.4 Å². The molecule has 2 aromatic heterocycles. The molecule has 0 fully saturated rings. The first-order chi connectivity index (χ1) is 16.1. The lowest BCUT2D eigenvalue weighted by atomic mass is 9.85. The van der Waals surface area contributed by atoms with Crippen LogP contribution >= 0.6 is 11.6 Å². The summed E-state index contributed by atoms with van der Waals surface area (Å²) in [4.78, 5) is 23.5. The summed E-state index contributed by atoms with van der Waals surface area (Å²) >= 11 is 6.27. The number of hydrogen-bond acceptors (Lipinski definition) is 3. The van der Waals surface area contributed by atoms with Gasteiger partial charge in [-0.1, -0.05) is 73.1 Å². The maximum atomic E-state index is 13.8. The monoisotopic (exact) mass is 452 g/mol. The van der Waals surface area contributed by atoms with E-state index in [0.717, 1.165) is 17.0 Å². The van der Waals surface area contributed by atoms with Crippen molar-refractivity contribution in [2.75, 3.05) is 0 Å². The topological polar surface area (TPSA) is 52.7 Å². The molecule has 6 heteroatoms. The van der Waals surface area contributed by atoms with Gasteiger partial charge in [-0.25, -0.2) is 9.97 Å². The van der Waals surface area contributed by atoms with Crippen molar-refractivity contribution in [2.45, 2.75) is 25.4 Å². The van der Waals surface area contributed by atoms with E-state index >= 15 is 0 Å². The highest BCUT2D eigenvalue weighted by molar-refractivity contribution is 6.31. The first kappa shape index (κ1) is 19.9. The molecule has 5 aromatic rings. The van der Waals surface area contributed by atoms with Gasteiger partial charge >= 0.3 is 0 Å². The summed E-state index contributed by atoms with van der Waals surface area (Å²) in [6.45, 7) is 2.63. The fourth-order valence-electron chi connectivity index (χ4n) is 4.96. The van der Waals surface area contributed by atoms with Crippen molar-refractivity contribution in [3.05, 3.63) is 118 Å². The van der Waals surface area contributed by atoms with Crippen LogP contribution in [-0.2, 0) is 6.54 Å². The van der Waals surface area contributed by atoms with Crippen LogP contribution in [0.25, 0.3) is 22.3 Å². The zero-order valence-corrected chi connectivity index (χ0v) is 18.8. The summed E-state index contributed by atoms with van der Waals surface area (Å²) in [5.74, 6) is 1.69. The third-order valence-electron chi connectivity index (χ3n) is 6.53. The molecule has 5 nitrogen and oxygen atoms in total. The minimum Gasteiger partial charge on any atom is -0.320 e. The van der Waals surface area contributed by atoms with Crippen LogP contribution in [0.2, 0.25) is 5.02 Å². The maximum Gasteiger partial charge on any atom is 0.261 e. The molecular weight excluding hydrogens is 432 g/mol. The van der Waals surface area contributed by atoms with E-state index in [-0.39, 0.29) is 17.5 Å². The number of fused-ring (bicyclic) bond motifs is 4. The number of imidazole rings is 1. The van der Waals surface area contributed by atoms with Crippen molar-refractivity contribution < 1.29 is 0 Å². The molecule has 0 radical (unpaired) electrons. The number of hydrogen-bond donors (Lipinski definition) is 0. The molecule has 33 heavy (non-hydrogen) atoms. The summed E-state index contributed by atoms with van der Waals surface area (Å²) in [5, 5.41) is 1.13. The van der Waals surface area contributed by atoms with E-state index in [9.17, 15) is 4.79 Å². The predicted octanol–water partition coefficient (Wildman–Crippen LogP) is 5.67. The zero-order valence-electron chi connectivity index (χ0n) is 18.0. The predicted molar refractivity (Wildman–Crippen MR) is 131 cm³/mol. The molecule has 3 heterocycles. The van der Waals surface area contributed by atoms with Gasteiger partial charge in [-0.3, -0.25) is 9.36 Å². The Bertz CT molecular complexity index is 1550. The lowest BCUT2D eigenvalue weighted by Gasteiger charge is -2.34. The lowest BCUT2D eigenvalue weighted by Crippen LogP contribution is -2.33. The van der Waals surface area contributed by atoms with Gasteiger partial charge in [-0.2, -0.15) is 0 Å². The van der Waals surface area contributed by atoms with Gasteiger partial charge in [0.1, 0.15) is 11.6 Å². The molecule has 0 saturated carbocycles.